The van der Waals surface area contributed by atoms with E-state index in [1.54, 1.807) is 0 Å². The molecule has 19 heavy (non-hydrogen) atoms. The van der Waals surface area contributed by atoms with E-state index in [9.17, 15) is 9.59 Å². The fourth-order valence-corrected chi connectivity index (χ4v) is 2.23. The van der Waals surface area contributed by atoms with Crippen molar-refractivity contribution in [1.29, 1.82) is 0 Å². The van der Waals surface area contributed by atoms with E-state index >= 15 is 0 Å². The molecule has 2 unspecified atom stereocenters. The maximum absolute atomic E-state index is 11.9. The molecule has 0 saturated carbocycles. The summed E-state index contributed by atoms with van der Waals surface area (Å²) in [6.07, 6.45) is 3.73. The molecule has 0 radical (unpaired) electrons. The Hall–Kier alpha value is -1.30. The molecule has 1 rings (SSSR count). The van der Waals surface area contributed by atoms with Crippen LogP contribution in [0.2, 0.25) is 0 Å². The summed E-state index contributed by atoms with van der Waals surface area (Å²) in [6.45, 7) is 6.44. The van der Waals surface area contributed by atoms with Crippen molar-refractivity contribution >= 4 is 12.0 Å². The molecule has 0 aromatic rings. The molecule has 2 amide bonds. The third-order valence-corrected chi connectivity index (χ3v) is 3.61. The van der Waals surface area contributed by atoms with E-state index in [0.717, 1.165) is 19.6 Å². The third-order valence-electron chi connectivity index (χ3n) is 3.61. The van der Waals surface area contributed by atoms with E-state index in [1.165, 1.54) is 38.1 Å². The highest BCUT2D eigenvalue weighted by atomic mass is 16.4. The minimum atomic E-state index is -0.999. The second kappa shape index (κ2) is 7.33. The van der Waals surface area contributed by atoms with Gasteiger partial charge >= 0.3 is 12.0 Å². The molecule has 1 aliphatic heterocycles. The number of nitrogens with zero attached hydrogens (tertiary/aromatic N) is 2. The minimum Gasteiger partial charge on any atom is -0.480 e. The highest BCUT2D eigenvalue weighted by Gasteiger charge is 2.23. The number of hydrogen-bond acceptors (Lipinski definition) is 3. The molecule has 1 aliphatic rings. The zero-order chi connectivity index (χ0) is 14.4. The monoisotopic (exact) mass is 271 g/mol. The summed E-state index contributed by atoms with van der Waals surface area (Å²) in [5.74, 6) is -0.999. The number of carboxylic acid groups (broad SMARTS) is 1. The van der Waals surface area contributed by atoms with Gasteiger partial charge in [0, 0.05) is 19.6 Å². The lowest BCUT2D eigenvalue weighted by Gasteiger charge is -2.30. The second-order valence-electron chi connectivity index (χ2n) is 5.34. The lowest BCUT2D eigenvalue weighted by atomic mass is 10.1. The molecule has 0 aromatic heterocycles. The number of piperidine rings is 1. The molecular formula is C13H25N3O3. The van der Waals surface area contributed by atoms with Crippen LogP contribution in [-0.2, 0) is 4.79 Å². The van der Waals surface area contributed by atoms with Crippen LogP contribution in [-0.4, -0.2) is 65.7 Å². The first-order valence-electron chi connectivity index (χ1n) is 6.90. The standard InChI is InChI=1S/C13H25N3O3/c1-10(9-16-7-5-4-6-8-16)14-13(19)15(3)11(2)12(17)18/h10-11H,4-9H2,1-3H3,(H,14,19)(H,17,18). The van der Waals surface area contributed by atoms with Crippen LogP contribution < -0.4 is 5.32 Å². The maximum atomic E-state index is 11.9. The number of urea groups is 1. The smallest absolute Gasteiger partial charge is 0.326 e. The Morgan fingerprint density at radius 1 is 1.26 bits per heavy atom. The number of nitrogens with one attached hydrogen (secondary N) is 1. The van der Waals surface area contributed by atoms with Crippen molar-refractivity contribution in [3.8, 4) is 0 Å². The van der Waals surface area contributed by atoms with Crippen molar-refractivity contribution in [3.63, 3.8) is 0 Å². The molecule has 0 spiro atoms. The topological polar surface area (TPSA) is 72.9 Å². The molecule has 1 heterocycles. The number of carbonyl (C=O) groups excluding carboxylic acids is 1. The lowest BCUT2D eigenvalue weighted by molar-refractivity contribution is -0.141. The average molecular weight is 271 g/mol. The Kier molecular flexibility index (Phi) is 6.08. The van der Waals surface area contributed by atoms with Crippen LogP contribution in [0.15, 0.2) is 0 Å². The molecule has 1 saturated heterocycles. The molecule has 0 aromatic carbocycles. The van der Waals surface area contributed by atoms with Crippen molar-refractivity contribution in [3.05, 3.63) is 0 Å². The highest BCUT2D eigenvalue weighted by Crippen LogP contribution is 2.09. The normalized spacial score (nSPS) is 19.5. The summed E-state index contributed by atoms with van der Waals surface area (Å²) in [6, 6.07) is -1.13. The van der Waals surface area contributed by atoms with Crippen molar-refractivity contribution in [2.24, 2.45) is 0 Å². The average Bonchev–Trinajstić information content (AvgIpc) is 2.37. The van der Waals surface area contributed by atoms with Crippen LogP contribution >= 0.6 is 0 Å². The van der Waals surface area contributed by atoms with Gasteiger partial charge in [-0.05, 0) is 39.8 Å². The molecule has 110 valence electrons. The summed E-state index contributed by atoms with van der Waals surface area (Å²) in [7, 11) is 1.50. The number of likely N-dealkylation sites (N-methyl/N-ethyl adjacent to an activating group) is 1. The molecule has 0 aliphatic carbocycles. The number of hydrogen-bond donors (Lipinski definition) is 2. The summed E-state index contributed by atoms with van der Waals surface area (Å²) in [4.78, 5) is 26.3. The number of aliphatic carboxylic acids is 1. The van der Waals surface area contributed by atoms with Crippen LogP contribution in [0.1, 0.15) is 33.1 Å². The number of carbonyl (C=O) groups is 2. The number of likely N-dealkylation sites (tertiary alicyclic amines) is 1. The highest BCUT2D eigenvalue weighted by molar-refractivity contribution is 5.82. The predicted octanol–water partition coefficient (Wildman–Crippen LogP) is 0.975. The maximum Gasteiger partial charge on any atom is 0.326 e. The van der Waals surface area contributed by atoms with E-state index in [4.69, 9.17) is 5.11 Å². The molecule has 0 bridgehead atoms. The quantitative estimate of drug-likeness (QED) is 0.781. The van der Waals surface area contributed by atoms with Crippen molar-refractivity contribution in [2.75, 3.05) is 26.7 Å². The molecule has 2 atom stereocenters. The molecule has 6 nitrogen and oxygen atoms in total. The van der Waals surface area contributed by atoms with Crippen LogP contribution in [0.4, 0.5) is 4.79 Å². The SMILES string of the molecule is CC(CN1CCCCC1)NC(=O)N(C)C(C)C(=O)O. The summed E-state index contributed by atoms with van der Waals surface area (Å²) < 4.78 is 0. The van der Waals surface area contributed by atoms with Gasteiger partial charge < -0.3 is 20.2 Å². The molecule has 6 heteroatoms. The fraction of sp³-hybridized carbons (Fsp3) is 0.846. The van der Waals surface area contributed by atoms with Crippen LogP contribution in [0.5, 0.6) is 0 Å². The van der Waals surface area contributed by atoms with Gasteiger partial charge in [-0.15, -0.1) is 0 Å². The fourth-order valence-electron chi connectivity index (χ4n) is 2.23. The van der Waals surface area contributed by atoms with E-state index in [1.807, 2.05) is 6.92 Å². The zero-order valence-corrected chi connectivity index (χ0v) is 12.1. The lowest BCUT2D eigenvalue weighted by Crippen LogP contribution is -2.51. The van der Waals surface area contributed by atoms with Gasteiger partial charge in [-0.1, -0.05) is 6.42 Å². The van der Waals surface area contributed by atoms with Gasteiger partial charge in [0.1, 0.15) is 6.04 Å². The third kappa shape index (κ3) is 5.06. The Balaban J connectivity index is 2.36. The Morgan fingerprint density at radius 2 is 1.84 bits per heavy atom. The van der Waals surface area contributed by atoms with Crippen molar-refractivity contribution in [2.45, 2.75) is 45.2 Å². The van der Waals surface area contributed by atoms with E-state index in [2.05, 4.69) is 10.2 Å². The van der Waals surface area contributed by atoms with E-state index in [-0.39, 0.29) is 12.1 Å². The van der Waals surface area contributed by atoms with Crippen molar-refractivity contribution < 1.29 is 14.7 Å². The van der Waals surface area contributed by atoms with E-state index in [0.29, 0.717) is 0 Å². The Labute approximate surface area is 114 Å². The molecular weight excluding hydrogens is 246 g/mol. The van der Waals surface area contributed by atoms with E-state index < -0.39 is 12.0 Å². The van der Waals surface area contributed by atoms with Gasteiger partial charge in [-0.3, -0.25) is 0 Å². The second-order valence-corrected chi connectivity index (χ2v) is 5.34. The molecule has 1 fully saturated rings. The Bertz CT molecular complexity index is 316. The van der Waals surface area contributed by atoms with Crippen molar-refractivity contribution in [1.82, 2.24) is 15.1 Å². The van der Waals surface area contributed by atoms with Gasteiger partial charge in [0.05, 0.1) is 0 Å². The van der Waals surface area contributed by atoms with Crippen LogP contribution in [0.3, 0.4) is 0 Å². The van der Waals surface area contributed by atoms with Gasteiger partial charge in [-0.25, -0.2) is 9.59 Å². The van der Waals surface area contributed by atoms with Gasteiger partial charge in [0.2, 0.25) is 0 Å². The number of rotatable bonds is 5. The largest absolute Gasteiger partial charge is 0.480 e. The van der Waals surface area contributed by atoms with Crippen LogP contribution in [0.25, 0.3) is 0 Å². The first-order chi connectivity index (χ1) is 8.91. The molecule has 2 N–H and O–H groups in total. The zero-order valence-electron chi connectivity index (χ0n) is 12.1. The van der Waals surface area contributed by atoms with Gasteiger partial charge in [0.25, 0.3) is 0 Å². The van der Waals surface area contributed by atoms with Crippen LogP contribution in [0, 0.1) is 0 Å². The first-order valence-corrected chi connectivity index (χ1v) is 6.90. The number of amides is 2. The predicted molar refractivity (Wildman–Crippen MR) is 73.1 cm³/mol. The number of carboxylic acids is 1. The minimum absolute atomic E-state index is 0.0223. The summed E-state index contributed by atoms with van der Waals surface area (Å²) >= 11 is 0. The Morgan fingerprint density at radius 3 is 2.37 bits per heavy atom. The van der Waals surface area contributed by atoms with Gasteiger partial charge in [-0.2, -0.15) is 0 Å². The summed E-state index contributed by atoms with van der Waals surface area (Å²) in [5.41, 5.74) is 0. The first kappa shape index (κ1) is 15.8. The summed E-state index contributed by atoms with van der Waals surface area (Å²) in [5, 5.41) is 11.7. The van der Waals surface area contributed by atoms with Gasteiger partial charge in [0.15, 0.2) is 0 Å².